The Kier molecular flexibility index (Phi) is 3.79. The Hall–Kier alpha value is -0.930. The largest absolute Gasteiger partial charge is 0.326 e. The summed E-state index contributed by atoms with van der Waals surface area (Å²) in [5.74, 6) is 0. The molecular weight excluding hydrogens is 215 g/mol. The van der Waals surface area contributed by atoms with Gasteiger partial charge in [0.25, 0.3) is 0 Å². The van der Waals surface area contributed by atoms with Crippen molar-refractivity contribution in [2.75, 3.05) is 20.1 Å². The predicted octanol–water partition coefficient (Wildman–Crippen LogP) is 2.12. The van der Waals surface area contributed by atoms with Gasteiger partial charge in [-0.1, -0.05) is 24.3 Å². The molecule has 1 aromatic carbocycles. The SMILES string of the molecule is CN1CCCC(F)(Cc2cccc(CN)c2)C1. The average molecular weight is 236 g/mol. The van der Waals surface area contributed by atoms with Crippen molar-refractivity contribution in [3.05, 3.63) is 35.4 Å². The van der Waals surface area contributed by atoms with Crippen LogP contribution in [-0.2, 0) is 13.0 Å². The molecule has 17 heavy (non-hydrogen) atoms. The van der Waals surface area contributed by atoms with Crippen molar-refractivity contribution >= 4 is 0 Å². The molecule has 1 aliphatic heterocycles. The number of alkyl halides is 1. The van der Waals surface area contributed by atoms with Crippen LogP contribution in [0.4, 0.5) is 4.39 Å². The quantitative estimate of drug-likeness (QED) is 0.871. The lowest BCUT2D eigenvalue weighted by molar-refractivity contribution is 0.0590. The molecule has 0 radical (unpaired) electrons. The Morgan fingerprint density at radius 2 is 2.18 bits per heavy atom. The first-order valence-electron chi connectivity index (χ1n) is 6.27. The zero-order chi connectivity index (χ0) is 12.3. The smallest absolute Gasteiger partial charge is 0.127 e. The van der Waals surface area contributed by atoms with Gasteiger partial charge in [-0.3, -0.25) is 0 Å². The molecule has 1 fully saturated rings. The number of halogens is 1. The van der Waals surface area contributed by atoms with Crippen LogP contribution in [-0.4, -0.2) is 30.7 Å². The molecule has 1 heterocycles. The topological polar surface area (TPSA) is 29.3 Å². The molecule has 0 saturated carbocycles. The van der Waals surface area contributed by atoms with Gasteiger partial charge in [-0.2, -0.15) is 0 Å². The van der Waals surface area contributed by atoms with Crippen LogP contribution in [0.15, 0.2) is 24.3 Å². The van der Waals surface area contributed by atoms with Crippen molar-refractivity contribution in [2.45, 2.75) is 31.5 Å². The van der Waals surface area contributed by atoms with E-state index in [0.717, 1.165) is 24.1 Å². The highest BCUT2D eigenvalue weighted by atomic mass is 19.1. The third-order valence-electron chi connectivity index (χ3n) is 3.47. The van der Waals surface area contributed by atoms with E-state index in [0.29, 0.717) is 25.9 Å². The highest BCUT2D eigenvalue weighted by molar-refractivity contribution is 5.25. The molecule has 1 saturated heterocycles. The normalized spacial score (nSPS) is 26.1. The summed E-state index contributed by atoms with van der Waals surface area (Å²) >= 11 is 0. The Balaban J connectivity index is 2.08. The maximum atomic E-state index is 14.7. The fourth-order valence-corrected chi connectivity index (χ4v) is 2.68. The van der Waals surface area contributed by atoms with E-state index in [4.69, 9.17) is 5.73 Å². The van der Waals surface area contributed by atoms with Crippen molar-refractivity contribution in [3.8, 4) is 0 Å². The van der Waals surface area contributed by atoms with Gasteiger partial charge in [0, 0.05) is 19.5 Å². The summed E-state index contributed by atoms with van der Waals surface area (Å²) in [5.41, 5.74) is 6.68. The molecule has 0 spiro atoms. The molecular formula is C14H21FN2. The van der Waals surface area contributed by atoms with Gasteiger partial charge >= 0.3 is 0 Å². The van der Waals surface area contributed by atoms with Gasteiger partial charge in [0.2, 0.25) is 0 Å². The highest BCUT2D eigenvalue weighted by Crippen LogP contribution is 2.28. The second kappa shape index (κ2) is 5.15. The third-order valence-corrected chi connectivity index (χ3v) is 3.47. The van der Waals surface area contributed by atoms with E-state index in [2.05, 4.69) is 4.90 Å². The van der Waals surface area contributed by atoms with E-state index in [1.165, 1.54) is 0 Å². The van der Waals surface area contributed by atoms with Crippen LogP contribution in [0.5, 0.6) is 0 Å². The molecule has 2 nitrogen and oxygen atoms in total. The zero-order valence-corrected chi connectivity index (χ0v) is 10.5. The molecule has 1 aliphatic rings. The fraction of sp³-hybridized carbons (Fsp3) is 0.571. The first-order valence-corrected chi connectivity index (χ1v) is 6.27. The van der Waals surface area contributed by atoms with Crippen molar-refractivity contribution in [1.82, 2.24) is 4.90 Å². The summed E-state index contributed by atoms with van der Waals surface area (Å²) in [6.07, 6.45) is 2.12. The molecule has 1 atom stereocenters. The van der Waals surface area contributed by atoms with E-state index in [9.17, 15) is 4.39 Å². The zero-order valence-electron chi connectivity index (χ0n) is 10.5. The molecule has 2 N–H and O–H groups in total. The van der Waals surface area contributed by atoms with Crippen LogP contribution < -0.4 is 5.73 Å². The lowest BCUT2D eigenvalue weighted by atomic mass is 9.88. The van der Waals surface area contributed by atoms with Crippen molar-refractivity contribution < 1.29 is 4.39 Å². The van der Waals surface area contributed by atoms with Crippen LogP contribution in [0.25, 0.3) is 0 Å². The van der Waals surface area contributed by atoms with Gasteiger partial charge in [0.1, 0.15) is 5.67 Å². The number of benzene rings is 1. The molecule has 2 rings (SSSR count). The van der Waals surface area contributed by atoms with Crippen LogP contribution in [0.3, 0.4) is 0 Å². The van der Waals surface area contributed by atoms with E-state index >= 15 is 0 Å². The summed E-state index contributed by atoms with van der Waals surface area (Å²) in [7, 11) is 1.99. The maximum Gasteiger partial charge on any atom is 0.127 e. The lowest BCUT2D eigenvalue weighted by Crippen LogP contribution is -2.44. The Morgan fingerprint density at radius 3 is 2.88 bits per heavy atom. The van der Waals surface area contributed by atoms with E-state index in [1.54, 1.807) is 0 Å². The van der Waals surface area contributed by atoms with Crippen LogP contribution in [0.2, 0.25) is 0 Å². The monoisotopic (exact) mass is 236 g/mol. The molecule has 1 aromatic rings. The maximum absolute atomic E-state index is 14.7. The second-order valence-electron chi connectivity index (χ2n) is 5.19. The first-order chi connectivity index (χ1) is 8.11. The Labute approximate surface area is 103 Å². The van der Waals surface area contributed by atoms with Gasteiger partial charge in [-0.25, -0.2) is 4.39 Å². The van der Waals surface area contributed by atoms with E-state index < -0.39 is 5.67 Å². The first kappa shape index (κ1) is 12.5. The molecule has 0 bridgehead atoms. The molecule has 94 valence electrons. The Bertz CT molecular complexity index is 380. The number of likely N-dealkylation sites (tertiary alicyclic amines) is 1. The van der Waals surface area contributed by atoms with E-state index in [1.807, 2.05) is 31.3 Å². The molecule has 0 aromatic heterocycles. The van der Waals surface area contributed by atoms with Crippen molar-refractivity contribution in [2.24, 2.45) is 5.73 Å². The highest BCUT2D eigenvalue weighted by Gasteiger charge is 2.34. The number of nitrogens with zero attached hydrogens (tertiary/aromatic N) is 1. The minimum absolute atomic E-state index is 0.505. The number of rotatable bonds is 3. The molecule has 3 heteroatoms. The molecule has 1 unspecified atom stereocenters. The Morgan fingerprint density at radius 1 is 1.41 bits per heavy atom. The van der Waals surface area contributed by atoms with Gasteiger partial charge in [0.15, 0.2) is 0 Å². The summed E-state index contributed by atoms with van der Waals surface area (Å²) in [4.78, 5) is 2.08. The number of piperidine rings is 1. The summed E-state index contributed by atoms with van der Waals surface area (Å²) in [6.45, 7) is 2.07. The molecule has 0 amide bonds. The van der Waals surface area contributed by atoms with Crippen molar-refractivity contribution in [3.63, 3.8) is 0 Å². The third kappa shape index (κ3) is 3.27. The number of hydrogen-bond donors (Lipinski definition) is 1. The summed E-state index contributed by atoms with van der Waals surface area (Å²) in [6, 6.07) is 7.97. The fourth-order valence-electron chi connectivity index (χ4n) is 2.68. The van der Waals surface area contributed by atoms with Gasteiger partial charge in [-0.15, -0.1) is 0 Å². The number of hydrogen-bond acceptors (Lipinski definition) is 2. The minimum atomic E-state index is -1.07. The standard InChI is InChI=1S/C14H21FN2/c1-17-7-3-6-14(15,11-17)9-12-4-2-5-13(8-12)10-16/h2,4-5,8H,3,6-7,9-11,16H2,1H3. The van der Waals surface area contributed by atoms with Crippen molar-refractivity contribution in [1.29, 1.82) is 0 Å². The van der Waals surface area contributed by atoms with Crippen LogP contribution >= 0.6 is 0 Å². The van der Waals surface area contributed by atoms with Crippen LogP contribution in [0, 0.1) is 0 Å². The number of nitrogens with two attached hydrogens (primary N) is 1. The average Bonchev–Trinajstić information content (AvgIpc) is 2.28. The second-order valence-corrected chi connectivity index (χ2v) is 5.19. The summed E-state index contributed by atoms with van der Waals surface area (Å²) in [5, 5.41) is 0. The van der Waals surface area contributed by atoms with Gasteiger partial charge in [-0.05, 0) is 37.6 Å². The molecule has 0 aliphatic carbocycles. The van der Waals surface area contributed by atoms with Crippen LogP contribution in [0.1, 0.15) is 24.0 Å². The van der Waals surface area contributed by atoms with Gasteiger partial charge < -0.3 is 10.6 Å². The predicted molar refractivity (Wildman–Crippen MR) is 68.6 cm³/mol. The van der Waals surface area contributed by atoms with Gasteiger partial charge in [0.05, 0.1) is 0 Å². The van der Waals surface area contributed by atoms with E-state index in [-0.39, 0.29) is 0 Å². The summed E-state index contributed by atoms with van der Waals surface area (Å²) < 4.78 is 14.7. The lowest BCUT2D eigenvalue weighted by Gasteiger charge is -2.35. The minimum Gasteiger partial charge on any atom is -0.326 e.